The summed E-state index contributed by atoms with van der Waals surface area (Å²) in [5.41, 5.74) is -1.98. The molecule has 0 amide bonds. The zero-order chi connectivity index (χ0) is 29.6. The van der Waals surface area contributed by atoms with Crippen LogP contribution in [0.15, 0.2) is 0 Å². The first-order valence-corrected chi connectivity index (χ1v) is 15.8. The first-order valence-electron chi connectivity index (χ1n) is 15.8. The topological polar surface area (TPSA) is 71.1 Å². The Kier molecular flexibility index (Phi) is 8.82. The van der Waals surface area contributed by atoms with Crippen molar-refractivity contribution in [2.75, 3.05) is 0 Å². The van der Waals surface area contributed by atoms with Crippen molar-refractivity contribution in [1.82, 2.24) is 0 Å². The van der Waals surface area contributed by atoms with Crippen LogP contribution in [-0.4, -0.2) is 34.8 Å². The predicted molar refractivity (Wildman–Crippen MR) is 155 cm³/mol. The van der Waals surface area contributed by atoms with E-state index in [0.29, 0.717) is 23.7 Å². The van der Waals surface area contributed by atoms with E-state index in [4.69, 9.17) is 19.2 Å². The third kappa shape index (κ3) is 5.98. The van der Waals surface area contributed by atoms with E-state index in [0.717, 1.165) is 57.8 Å². The van der Waals surface area contributed by atoms with E-state index in [2.05, 4.69) is 32.6 Å². The lowest BCUT2D eigenvalue weighted by atomic mass is 9.44. The van der Waals surface area contributed by atoms with Gasteiger partial charge >= 0.3 is 11.9 Å². The molecule has 0 saturated heterocycles. The number of carbonyl (C=O) groups is 2. The summed E-state index contributed by atoms with van der Waals surface area (Å²) >= 11 is 0. The maximum Gasteiger partial charge on any atom is 0.304 e. The molecule has 0 unspecified atom stereocenters. The quantitative estimate of drug-likeness (QED) is 0.139. The predicted octanol–water partition coefficient (Wildman–Crippen LogP) is 7.57. The largest absolute Gasteiger partial charge is 0.463 e. The molecule has 4 aliphatic rings. The molecular weight excluding hydrogens is 504 g/mol. The van der Waals surface area contributed by atoms with E-state index in [9.17, 15) is 9.59 Å². The summed E-state index contributed by atoms with van der Waals surface area (Å²) in [6.07, 6.45) is 11.3. The maximum absolute atomic E-state index is 12.5. The van der Waals surface area contributed by atoms with E-state index < -0.39 is 16.8 Å². The van der Waals surface area contributed by atoms with Gasteiger partial charge in [-0.25, -0.2) is 9.78 Å². The Balaban J connectivity index is 1.56. The number of carbonyl (C=O) groups excluding carboxylic acids is 2. The first-order chi connectivity index (χ1) is 18.6. The van der Waals surface area contributed by atoms with Crippen LogP contribution in [0.1, 0.15) is 133 Å². The van der Waals surface area contributed by atoms with Gasteiger partial charge in [0.05, 0.1) is 5.60 Å². The fourth-order valence-electron chi connectivity index (χ4n) is 9.34. The standard InChI is InChI=1S/C34H54O6/c1-10-16-30(4,5)39-40-31(6,7)20-21-34(38-24(3)36)19-15-29-27-12-11-25-22-26(37-23(2)35)13-17-32(25,8)28(27)14-18-33(29,34)9/h25-29H,10-19,22H2,1-9H3/t25-,26-,27+,28-,29-,32-,33-,34-/m0/s1. The summed E-state index contributed by atoms with van der Waals surface area (Å²) in [5, 5.41) is 0. The van der Waals surface area contributed by atoms with Gasteiger partial charge in [-0.05, 0) is 121 Å². The van der Waals surface area contributed by atoms with Crippen molar-refractivity contribution in [2.45, 2.75) is 156 Å². The van der Waals surface area contributed by atoms with E-state index in [1.54, 1.807) is 0 Å². The second-order valence-corrected chi connectivity index (χ2v) is 15.0. The molecule has 4 aliphatic carbocycles. The van der Waals surface area contributed by atoms with E-state index >= 15 is 0 Å². The minimum atomic E-state index is -0.837. The van der Waals surface area contributed by atoms with Crippen molar-refractivity contribution in [2.24, 2.45) is 34.5 Å². The van der Waals surface area contributed by atoms with Crippen LogP contribution in [0.5, 0.6) is 0 Å². The summed E-state index contributed by atoms with van der Waals surface area (Å²) in [6.45, 7) is 17.9. The number of esters is 2. The molecule has 0 bridgehead atoms. The van der Waals surface area contributed by atoms with E-state index in [1.807, 2.05) is 27.7 Å². The average Bonchev–Trinajstić information content (AvgIpc) is 3.13. The molecule has 0 heterocycles. The Morgan fingerprint density at radius 1 is 0.875 bits per heavy atom. The normalized spacial score (nSPS) is 39.2. The zero-order valence-corrected chi connectivity index (χ0v) is 26.6. The molecule has 6 heteroatoms. The summed E-state index contributed by atoms with van der Waals surface area (Å²) < 4.78 is 11.9. The number of hydrogen-bond donors (Lipinski definition) is 0. The Labute approximate surface area is 242 Å². The second-order valence-electron chi connectivity index (χ2n) is 15.0. The van der Waals surface area contributed by atoms with Crippen LogP contribution in [-0.2, 0) is 28.8 Å². The molecule has 0 aromatic rings. The second kappa shape index (κ2) is 11.3. The lowest BCUT2D eigenvalue weighted by Gasteiger charge is -2.61. The SMILES string of the molecule is CCCC(C)(C)OOC(C)(C)C#C[C@@]1(OC(C)=O)CC[C@H]2[C@@H]3CC[C@H]4C[C@@H](OC(C)=O)CC[C@]4(C)[C@H]3CC[C@@]21C. The lowest BCUT2D eigenvalue weighted by molar-refractivity contribution is -0.389. The fourth-order valence-corrected chi connectivity index (χ4v) is 9.34. The Morgan fingerprint density at radius 2 is 1.57 bits per heavy atom. The highest BCUT2D eigenvalue weighted by molar-refractivity contribution is 5.67. The molecule has 40 heavy (non-hydrogen) atoms. The highest BCUT2D eigenvalue weighted by Gasteiger charge is 2.66. The third-order valence-electron chi connectivity index (χ3n) is 11.3. The minimum absolute atomic E-state index is 0.0708. The van der Waals surface area contributed by atoms with Gasteiger partial charge < -0.3 is 9.47 Å². The summed E-state index contributed by atoms with van der Waals surface area (Å²) in [7, 11) is 0. The molecule has 0 aromatic carbocycles. The smallest absolute Gasteiger partial charge is 0.304 e. The van der Waals surface area contributed by atoms with Gasteiger partial charge in [-0.15, -0.1) is 0 Å². The molecule has 4 rings (SSSR count). The van der Waals surface area contributed by atoms with E-state index in [-0.39, 0.29) is 28.9 Å². The monoisotopic (exact) mass is 558 g/mol. The van der Waals surface area contributed by atoms with Crippen molar-refractivity contribution in [3.8, 4) is 11.8 Å². The molecule has 226 valence electrons. The van der Waals surface area contributed by atoms with Crippen molar-refractivity contribution < 1.29 is 28.8 Å². The molecule has 8 atom stereocenters. The van der Waals surface area contributed by atoms with Gasteiger partial charge in [0.15, 0.2) is 11.2 Å². The highest BCUT2D eigenvalue weighted by atomic mass is 17.2. The highest BCUT2D eigenvalue weighted by Crippen LogP contribution is 2.69. The number of rotatable bonds is 7. The summed E-state index contributed by atoms with van der Waals surface area (Å²) in [4.78, 5) is 35.8. The Bertz CT molecular complexity index is 1020. The van der Waals surface area contributed by atoms with Crippen LogP contribution in [0, 0.1) is 46.3 Å². The summed E-state index contributed by atoms with van der Waals surface area (Å²) in [6, 6.07) is 0. The first kappa shape index (κ1) is 31.4. The van der Waals surface area contributed by atoms with Crippen molar-refractivity contribution in [3.05, 3.63) is 0 Å². The molecule has 4 saturated carbocycles. The van der Waals surface area contributed by atoms with Crippen LogP contribution >= 0.6 is 0 Å². The van der Waals surface area contributed by atoms with Gasteiger partial charge in [0, 0.05) is 19.3 Å². The minimum Gasteiger partial charge on any atom is -0.463 e. The van der Waals surface area contributed by atoms with E-state index in [1.165, 1.54) is 26.7 Å². The number of ether oxygens (including phenoxy) is 2. The van der Waals surface area contributed by atoms with Crippen molar-refractivity contribution in [3.63, 3.8) is 0 Å². The zero-order valence-electron chi connectivity index (χ0n) is 26.6. The van der Waals surface area contributed by atoms with Crippen molar-refractivity contribution >= 4 is 11.9 Å². The number of hydrogen-bond acceptors (Lipinski definition) is 6. The molecule has 4 fully saturated rings. The Morgan fingerprint density at radius 3 is 2.23 bits per heavy atom. The van der Waals surface area contributed by atoms with Gasteiger partial charge in [-0.2, -0.15) is 0 Å². The van der Waals surface area contributed by atoms with Gasteiger partial charge in [0.2, 0.25) is 0 Å². The van der Waals surface area contributed by atoms with Gasteiger partial charge in [-0.3, -0.25) is 9.59 Å². The van der Waals surface area contributed by atoms with Crippen LogP contribution in [0.4, 0.5) is 0 Å². The molecule has 0 aromatic heterocycles. The molecule has 0 aliphatic heterocycles. The molecular formula is C34H54O6. The molecule has 0 spiro atoms. The average molecular weight is 559 g/mol. The van der Waals surface area contributed by atoms with Crippen LogP contribution in [0.3, 0.4) is 0 Å². The third-order valence-corrected chi connectivity index (χ3v) is 11.3. The Hall–Kier alpha value is -1.58. The summed E-state index contributed by atoms with van der Waals surface area (Å²) in [5.74, 6) is 8.76. The maximum atomic E-state index is 12.5. The molecule has 0 radical (unpaired) electrons. The van der Waals surface area contributed by atoms with Crippen LogP contribution < -0.4 is 0 Å². The van der Waals surface area contributed by atoms with Gasteiger partial charge in [-0.1, -0.05) is 39.0 Å². The number of fused-ring (bicyclic) bond motifs is 5. The van der Waals surface area contributed by atoms with Crippen molar-refractivity contribution in [1.29, 1.82) is 0 Å². The molecule has 0 N–H and O–H groups in total. The van der Waals surface area contributed by atoms with Gasteiger partial charge in [0.1, 0.15) is 6.10 Å². The fraction of sp³-hybridized carbons (Fsp3) is 0.882. The van der Waals surface area contributed by atoms with Crippen LogP contribution in [0.2, 0.25) is 0 Å². The van der Waals surface area contributed by atoms with Crippen LogP contribution in [0.25, 0.3) is 0 Å². The molecule has 6 nitrogen and oxygen atoms in total. The van der Waals surface area contributed by atoms with Gasteiger partial charge in [0.25, 0.3) is 0 Å². The lowest BCUT2D eigenvalue weighted by Crippen LogP contribution is -2.57.